The van der Waals surface area contributed by atoms with Crippen LogP contribution in [0.25, 0.3) is 5.70 Å². The lowest BCUT2D eigenvalue weighted by Crippen LogP contribution is -2.43. The third kappa shape index (κ3) is 7.22. The van der Waals surface area contributed by atoms with Crippen molar-refractivity contribution in [3.63, 3.8) is 0 Å². The van der Waals surface area contributed by atoms with Crippen LogP contribution in [0, 0.1) is 6.92 Å². The van der Waals surface area contributed by atoms with Gasteiger partial charge in [0.25, 0.3) is 0 Å². The number of amidine groups is 1. The normalized spacial score (nSPS) is 19.6. The van der Waals surface area contributed by atoms with Gasteiger partial charge in [-0.1, -0.05) is 100 Å². The summed E-state index contributed by atoms with van der Waals surface area (Å²) in [5.74, 6) is 0.796. The van der Waals surface area contributed by atoms with Crippen LogP contribution in [0.3, 0.4) is 0 Å². The van der Waals surface area contributed by atoms with Gasteiger partial charge in [0.2, 0.25) is 0 Å². The molecule has 1 fully saturated rings. The Morgan fingerprint density at radius 1 is 1.09 bits per heavy atom. The molecular weight excluding hydrogens is 440 g/mol. The SMILES string of the molecule is C=C(NC1=NC(c2ccccc2Cl)NC(C2CCCCN2)=C1)c1ccccc1C.CCCCC. The molecule has 0 aromatic heterocycles. The number of nitrogens with zero attached hydrogens (tertiary/aromatic N) is 1. The lowest BCUT2D eigenvalue weighted by Gasteiger charge is -2.32. The summed E-state index contributed by atoms with van der Waals surface area (Å²) < 4.78 is 0. The Bertz CT molecular complexity index is 1000. The Morgan fingerprint density at radius 2 is 1.82 bits per heavy atom. The van der Waals surface area contributed by atoms with E-state index in [1.807, 2.05) is 36.4 Å². The first-order valence-corrected chi connectivity index (χ1v) is 13.0. The standard InChI is InChI=1S/C24H27ClN4.C5H12/c1-16-9-3-4-10-18(16)17(2)27-23-15-22(21-13-7-8-14-26-21)28-24(29-23)19-11-5-6-12-20(19)25;1-3-5-4-2/h3-6,9-12,15,21,24,26,28H,2,7-8,13-14H2,1H3,(H,27,29);3-5H2,1-2H3. The molecule has 0 saturated carbocycles. The summed E-state index contributed by atoms with van der Waals surface area (Å²) in [7, 11) is 0. The van der Waals surface area contributed by atoms with E-state index in [-0.39, 0.29) is 6.17 Å². The maximum absolute atomic E-state index is 6.48. The summed E-state index contributed by atoms with van der Waals surface area (Å²) in [5, 5.41) is 11.4. The molecule has 4 rings (SSSR count). The topological polar surface area (TPSA) is 48.5 Å². The van der Waals surface area contributed by atoms with Gasteiger partial charge in [-0.05, 0) is 37.9 Å². The molecule has 4 nitrogen and oxygen atoms in total. The zero-order valence-corrected chi connectivity index (χ0v) is 21.6. The van der Waals surface area contributed by atoms with Crippen molar-refractivity contribution in [3.8, 4) is 0 Å². The van der Waals surface area contributed by atoms with E-state index in [1.165, 1.54) is 37.7 Å². The van der Waals surface area contributed by atoms with E-state index < -0.39 is 0 Å². The molecule has 0 radical (unpaired) electrons. The average molecular weight is 479 g/mol. The first-order valence-electron chi connectivity index (χ1n) is 12.6. The zero-order chi connectivity index (χ0) is 24.3. The molecule has 2 aromatic carbocycles. The van der Waals surface area contributed by atoms with Gasteiger partial charge in [-0.15, -0.1) is 0 Å². The van der Waals surface area contributed by atoms with Gasteiger partial charge in [0.05, 0.1) is 0 Å². The van der Waals surface area contributed by atoms with Crippen LogP contribution in [0.4, 0.5) is 0 Å². The van der Waals surface area contributed by atoms with Gasteiger partial charge < -0.3 is 16.0 Å². The molecule has 5 heteroatoms. The highest BCUT2D eigenvalue weighted by molar-refractivity contribution is 6.31. The number of piperidine rings is 1. The van der Waals surface area contributed by atoms with Gasteiger partial charge in [0.15, 0.2) is 0 Å². The Labute approximate surface area is 210 Å². The molecular formula is C29H39ClN4. The highest BCUT2D eigenvalue weighted by atomic mass is 35.5. The second-order valence-corrected chi connectivity index (χ2v) is 9.36. The van der Waals surface area contributed by atoms with E-state index in [1.54, 1.807) is 0 Å². The maximum Gasteiger partial charge on any atom is 0.148 e. The van der Waals surface area contributed by atoms with Crippen molar-refractivity contribution in [2.24, 2.45) is 4.99 Å². The Balaban J connectivity index is 0.000000588. The van der Waals surface area contributed by atoms with Crippen molar-refractivity contribution in [2.45, 2.75) is 71.5 Å². The van der Waals surface area contributed by atoms with Crippen LogP contribution in [0.1, 0.15) is 75.2 Å². The van der Waals surface area contributed by atoms with E-state index in [2.05, 4.69) is 61.5 Å². The molecule has 0 spiro atoms. The molecule has 2 aliphatic rings. The molecule has 2 aromatic rings. The van der Waals surface area contributed by atoms with E-state index in [0.29, 0.717) is 11.1 Å². The number of aliphatic imine (C=N–C) groups is 1. The van der Waals surface area contributed by atoms with Gasteiger partial charge in [0.1, 0.15) is 12.0 Å². The molecule has 0 bridgehead atoms. The molecule has 0 aliphatic carbocycles. The molecule has 34 heavy (non-hydrogen) atoms. The Morgan fingerprint density at radius 3 is 2.47 bits per heavy atom. The largest absolute Gasteiger partial charge is 0.362 e. The highest BCUT2D eigenvalue weighted by Crippen LogP contribution is 2.28. The monoisotopic (exact) mass is 478 g/mol. The third-order valence-electron chi connectivity index (χ3n) is 6.21. The van der Waals surface area contributed by atoms with Crippen LogP contribution in [0.15, 0.2) is 71.9 Å². The lowest BCUT2D eigenvalue weighted by molar-refractivity contribution is 0.411. The Hall–Kier alpha value is -2.56. The molecule has 1 saturated heterocycles. The van der Waals surface area contributed by atoms with Crippen molar-refractivity contribution in [3.05, 3.63) is 88.6 Å². The van der Waals surface area contributed by atoms with Crippen LogP contribution < -0.4 is 16.0 Å². The van der Waals surface area contributed by atoms with Crippen LogP contribution in [-0.4, -0.2) is 18.4 Å². The number of halogens is 1. The Kier molecular flexibility index (Phi) is 10.2. The van der Waals surface area contributed by atoms with E-state index in [0.717, 1.165) is 41.3 Å². The number of unbranched alkanes of at least 4 members (excludes halogenated alkanes) is 2. The number of hydrogen-bond acceptors (Lipinski definition) is 4. The van der Waals surface area contributed by atoms with Gasteiger partial charge in [-0.25, -0.2) is 4.99 Å². The minimum absolute atomic E-state index is 0.236. The summed E-state index contributed by atoms with van der Waals surface area (Å²) in [6, 6.07) is 16.4. The quantitative estimate of drug-likeness (QED) is 0.413. The number of aryl methyl sites for hydroxylation is 1. The molecule has 2 heterocycles. The summed E-state index contributed by atoms with van der Waals surface area (Å²) in [6.45, 7) is 11.8. The fourth-order valence-corrected chi connectivity index (χ4v) is 4.51. The molecule has 2 atom stereocenters. The highest BCUT2D eigenvalue weighted by Gasteiger charge is 2.25. The van der Waals surface area contributed by atoms with Gasteiger partial charge >= 0.3 is 0 Å². The average Bonchev–Trinajstić information content (AvgIpc) is 2.86. The van der Waals surface area contributed by atoms with E-state index >= 15 is 0 Å². The van der Waals surface area contributed by atoms with E-state index in [9.17, 15) is 0 Å². The summed E-state index contributed by atoms with van der Waals surface area (Å²) in [6.07, 6.45) is 9.50. The first-order chi connectivity index (χ1) is 16.5. The van der Waals surface area contributed by atoms with Crippen LogP contribution >= 0.6 is 11.6 Å². The zero-order valence-electron chi connectivity index (χ0n) is 20.8. The number of hydrogen-bond donors (Lipinski definition) is 3. The van der Waals surface area contributed by atoms with Crippen molar-refractivity contribution < 1.29 is 0 Å². The molecule has 2 unspecified atom stereocenters. The van der Waals surface area contributed by atoms with Crippen LogP contribution in [0.2, 0.25) is 5.02 Å². The van der Waals surface area contributed by atoms with Crippen LogP contribution in [0.5, 0.6) is 0 Å². The minimum Gasteiger partial charge on any atom is -0.362 e. The molecule has 182 valence electrons. The van der Waals surface area contributed by atoms with Gasteiger partial charge in [0, 0.05) is 39.7 Å². The van der Waals surface area contributed by atoms with Crippen molar-refractivity contribution in [2.75, 3.05) is 6.54 Å². The maximum atomic E-state index is 6.48. The van der Waals surface area contributed by atoms with Crippen molar-refractivity contribution >= 4 is 23.1 Å². The molecule has 2 aliphatic heterocycles. The summed E-state index contributed by atoms with van der Waals surface area (Å²) in [4.78, 5) is 4.90. The fourth-order valence-electron chi connectivity index (χ4n) is 4.27. The predicted octanol–water partition coefficient (Wildman–Crippen LogP) is 7.13. The first kappa shape index (κ1) is 26.1. The van der Waals surface area contributed by atoms with Crippen LogP contribution in [-0.2, 0) is 0 Å². The summed E-state index contributed by atoms with van der Waals surface area (Å²) in [5.41, 5.74) is 5.23. The predicted molar refractivity (Wildman–Crippen MR) is 147 cm³/mol. The fraction of sp³-hybridized carbons (Fsp3) is 0.414. The smallest absolute Gasteiger partial charge is 0.148 e. The molecule has 3 N–H and O–H groups in total. The molecule has 0 amide bonds. The number of rotatable bonds is 6. The van der Waals surface area contributed by atoms with E-state index in [4.69, 9.17) is 16.6 Å². The number of benzene rings is 2. The summed E-state index contributed by atoms with van der Waals surface area (Å²) >= 11 is 6.48. The second-order valence-electron chi connectivity index (χ2n) is 8.96. The van der Waals surface area contributed by atoms with Crippen molar-refractivity contribution in [1.29, 1.82) is 0 Å². The second kappa shape index (κ2) is 13.4. The number of nitrogens with one attached hydrogen (secondary N) is 3. The van der Waals surface area contributed by atoms with Gasteiger partial charge in [-0.2, -0.15) is 0 Å². The lowest BCUT2D eigenvalue weighted by atomic mass is 9.99. The van der Waals surface area contributed by atoms with Gasteiger partial charge in [-0.3, -0.25) is 0 Å². The third-order valence-corrected chi connectivity index (χ3v) is 6.55. The minimum atomic E-state index is -0.236. The van der Waals surface area contributed by atoms with Crippen molar-refractivity contribution in [1.82, 2.24) is 16.0 Å².